The number of hydrazone groups is 1. The van der Waals surface area contributed by atoms with E-state index in [1.165, 1.54) is 6.21 Å². The highest BCUT2D eigenvalue weighted by Crippen LogP contribution is 2.26. The average Bonchev–Trinajstić information content (AvgIpc) is 2.79. The van der Waals surface area contributed by atoms with E-state index >= 15 is 0 Å². The summed E-state index contributed by atoms with van der Waals surface area (Å²) in [4.78, 5) is 24.1. The summed E-state index contributed by atoms with van der Waals surface area (Å²) >= 11 is 3.49. The van der Waals surface area contributed by atoms with Crippen molar-refractivity contribution in [2.24, 2.45) is 5.10 Å². The first-order valence-corrected chi connectivity index (χ1v) is 11.0. The van der Waals surface area contributed by atoms with Gasteiger partial charge in [0.2, 0.25) is 11.8 Å². The molecule has 2 amide bonds. The number of benzene rings is 3. The number of carbonyl (C=O) groups excluding carboxylic acids is 2. The Kier molecular flexibility index (Phi) is 8.57. The molecule has 3 rings (SSSR count). The van der Waals surface area contributed by atoms with E-state index in [0.717, 1.165) is 33.3 Å². The van der Waals surface area contributed by atoms with Crippen molar-refractivity contribution in [1.82, 2.24) is 5.43 Å². The fourth-order valence-corrected chi connectivity index (χ4v) is 3.47. The Morgan fingerprint density at radius 2 is 1.75 bits per heavy atom. The summed E-state index contributed by atoms with van der Waals surface area (Å²) in [5.41, 5.74) is 5.96. The van der Waals surface area contributed by atoms with Gasteiger partial charge < -0.3 is 10.1 Å². The van der Waals surface area contributed by atoms with Crippen molar-refractivity contribution in [2.45, 2.75) is 26.4 Å². The average molecular weight is 494 g/mol. The first kappa shape index (κ1) is 23.2. The fourth-order valence-electron chi connectivity index (χ4n) is 2.96. The van der Waals surface area contributed by atoms with Crippen LogP contribution in [0, 0.1) is 0 Å². The molecule has 3 aromatic rings. The quantitative estimate of drug-likeness (QED) is 0.248. The number of ether oxygens (including phenoxy) is 1. The van der Waals surface area contributed by atoms with Crippen molar-refractivity contribution in [3.05, 3.63) is 94.0 Å². The number of rotatable bonds is 9. The summed E-state index contributed by atoms with van der Waals surface area (Å²) in [6, 6.07) is 22.9. The Bertz CT molecular complexity index is 1100. The van der Waals surface area contributed by atoms with Gasteiger partial charge in [0, 0.05) is 5.69 Å². The molecular formula is C25H24BrN3O3. The Morgan fingerprint density at radius 1 is 1.00 bits per heavy atom. The summed E-state index contributed by atoms with van der Waals surface area (Å²) in [7, 11) is 0. The molecule has 2 N–H and O–H groups in total. The van der Waals surface area contributed by atoms with Crippen molar-refractivity contribution in [3.8, 4) is 5.75 Å². The molecule has 0 aromatic heterocycles. The van der Waals surface area contributed by atoms with E-state index in [9.17, 15) is 9.59 Å². The monoisotopic (exact) mass is 493 g/mol. The van der Waals surface area contributed by atoms with Gasteiger partial charge in [-0.15, -0.1) is 0 Å². The van der Waals surface area contributed by atoms with Crippen LogP contribution in [0.5, 0.6) is 5.75 Å². The molecule has 7 heteroatoms. The molecule has 0 atom stereocenters. The van der Waals surface area contributed by atoms with Crippen LogP contribution in [0.3, 0.4) is 0 Å². The number of nitrogens with one attached hydrogen (secondary N) is 2. The predicted octanol–water partition coefficient (Wildman–Crippen LogP) is 5.07. The maximum Gasteiger partial charge on any atom is 0.249 e. The molecule has 32 heavy (non-hydrogen) atoms. The number of hydrogen-bond donors (Lipinski definition) is 2. The van der Waals surface area contributed by atoms with Crippen molar-refractivity contribution < 1.29 is 14.3 Å². The molecule has 0 aliphatic rings. The standard InChI is InChI=1S/C25H24BrN3O3/c1-2-20-10-6-7-11-22(20)28-24(30)15-25(31)29-27-16-19-12-13-23(21(26)14-19)32-17-18-8-4-3-5-9-18/h3-14,16H,2,15,17H2,1H3,(H,28,30)(H,29,31). The van der Waals surface area contributed by atoms with Gasteiger partial charge in [-0.3, -0.25) is 9.59 Å². The number of aryl methyl sites for hydroxylation is 1. The molecule has 0 bridgehead atoms. The highest BCUT2D eigenvalue weighted by molar-refractivity contribution is 9.10. The van der Waals surface area contributed by atoms with Crippen LogP contribution in [-0.4, -0.2) is 18.0 Å². The molecule has 0 aliphatic heterocycles. The smallest absolute Gasteiger partial charge is 0.249 e. The van der Waals surface area contributed by atoms with Gasteiger partial charge in [0.1, 0.15) is 18.8 Å². The van der Waals surface area contributed by atoms with Crippen LogP contribution in [0.2, 0.25) is 0 Å². The number of halogens is 1. The molecule has 0 heterocycles. The molecule has 164 valence electrons. The molecule has 0 spiro atoms. The Morgan fingerprint density at radius 3 is 2.50 bits per heavy atom. The predicted molar refractivity (Wildman–Crippen MR) is 130 cm³/mol. The number of anilines is 1. The summed E-state index contributed by atoms with van der Waals surface area (Å²) in [5.74, 6) is -0.171. The van der Waals surface area contributed by atoms with Gasteiger partial charge in [-0.2, -0.15) is 5.10 Å². The Labute approximate surface area is 195 Å². The van der Waals surface area contributed by atoms with Crippen LogP contribution in [-0.2, 0) is 22.6 Å². The van der Waals surface area contributed by atoms with E-state index in [2.05, 4.69) is 31.8 Å². The number of nitrogens with zero attached hydrogens (tertiary/aromatic N) is 1. The lowest BCUT2D eigenvalue weighted by Gasteiger charge is -2.09. The van der Waals surface area contributed by atoms with Crippen molar-refractivity contribution in [3.63, 3.8) is 0 Å². The highest BCUT2D eigenvalue weighted by atomic mass is 79.9. The summed E-state index contributed by atoms with van der Waals surface area (Å²) in [6.07, 6.45) is 1.98. The largest absolute Gasteiger partial charge is 0.488 e. The molecule has 0 unspecified atom stereocenters. The zero-order valence-electron chi connectivity index (χ0n) is 17.7. The summed E-state index contributed by atoms with van der Waals surface area (Å²) in [5, 5.41) is 6.70. The lowest BCUT2D eigenvalue weighted by molar-refractivity contribution is -0.126. The molecule has 0 saturated carbocycles. The van der Waals surface area contributed by atoms with Gasteiger partial charge >= 0.3 is 0 Å². The van der Waals surface area contributed by atoms with Gasteiger partial charge in [-0.05, 0) is 63.3 Å². The van der Waals surface area contributed by atoms with Gasteiger partial charge in [0.15, 0.2) is 0 Å². The summed E-state index contributed by atoms with van der Waals surface area (Å²) in [6.45, 7) is 2.47. The van der Waals surface area contributed by atoms with Crippen LogP contribution in [0.1, 0.15) is 30.0 Å². The summed E-state index contributed by atoms with van der Waals surface area (Å²) < 4.78 is 6.60. The topological polar surface area (TPSA) is 79.8 Å². The molecule has 0 aliphatic carbocycles. The normalized spacial score (nSPS) is 10.7. The first-order chi connectivity index (χ1) is 15.5. The van der Waals surface area contributed by atoms with Gasteiger partial charge in [0.25, 0.3) is 0 Å². The number of carbonyl (C=O) groups is 2. The van der Waals surface area contributed by atoms with E-state index in [0.29, 0.717) is 12.4 Å². The third-order valence-electron chi connectivity index (χ3n) is 4.59. The highest BCUT2D eigenvalue weighted by Gasteiger charge is 2.10. The van der Waals surface area contributed by atoms with Crippen LogP contribution in [0.25, 0.3) is 0 Å². The zero-order chi connectivity index (χ0) is 22.8. The number of para-hydroxylation sites is 1. The minimum absolute atomic E-state index is 0.314. The van der Waals surface area contributed by atoms with E-state index in [1.807, 2.05) is 79.7 Å². The van der Waals surface area contributed by atoms with Gasteiger partial charge in [0.05, 0.1) is 10.7 Å². The van der Waals surface area contributed by atoms with Gasteiger partial charge in [-0.1, -0.05) is 55.5 Å². The molecule has 6 nitrogen and oxygen atoms in total. The minimum atomic E-state index is -0.491. The molecular weight excluding hydrogens is 470 g/mol. The second-order valence-corrected chi connectivity index (χ2v) is 7.85. The molecule has 0 radical (unpaired) electrons. The zero-order valence-corrected chi connectivity index (χ0v) is 19.3. The van der Waals surface area contributed by atoms with Crippen molar-refractivity contribution in [1.29, 1.82) is 0 Å². The van der Waals surface area contributed by atoms with E-state index in [1.54, 1.807) is 0 Å². The van der Waals surface area contributed by atoms with Crippen LogP contribution < -0.4 is 15.5 Å². The number of amides is 2. The number of hydrogen-bond acceptors (Lipinski definition) is 4. The van der Waals surface area contributed by atoms with Crippen molar-refractivity contribution in [2.75, 3.05) is 5.32 Å². The van der Waals surface area contributed by atoms with Crippen LogP contribution in [0.15, 0.2) is 82.4 Å². The Hall–Kier alpha value is -3.45. The molecule has 0 saturated heterocycles. The van der Waals surface area contributed by atoms with E-state index in [-0.39, 0.29) is 12.3 Å². The van der Waals surface area contributed by atoms with E-state index in [4.69, 9.17) is 4.74 Å². The molecule has 3 aromatic carbocycles. The lowest BCUT2D eigenvalue weighted by atomic mass is 10.1. The maximum atomic E-state index is 12.1. The Balaban J connectivity index is 1.48. The van der Waals surface area contributed by atoms with Crippen molar-refractivity contribution >= 4 is 39.6 Å². The molecule has 0 fully saturated rings. The maximum absolute atomic E-state index is 12.1. The minimum Gasteiger partial charge on any atom is -0.488 e. The fraction of sp³-hybridized carbons (Fsp3) is 0.160. The van der Waals surface area contributed by atoms with Gasteiger partial charge in [-0.25, -0.2) is 5.43 Å². The first-order valence-electron chi connectivity index (χ1n) is 10.2. The second-order valence-electron chi connectivity index (χ2n) is 6.99. The van der Waals surface area contributed by atoms with Crippen LogP contribution in [0.4, 0.5) is 5.69 Å². The second kappa shape index (κ2) is 11.8. The van der Waals surface area contributed by atoms with Crippen LogP contribution >= 0.6 is 15.9 Å². The third kappa shape index (κ3) is 7.06. The lowest BCUT2D eigenvalue weighted by Crippen LogP contribution is -2.25. The van der Waals surface area contributed by atoms with E-state index < -0.39 is 5.91 Å². The third-order valence-corrected chi connectivity index (χ3v) is 5.21. The SMILES string of the molecule is CCc1ccccc1NC(=O)CC(=O)NN=Cc1ccc(OCc2ccccc2)c(Br)c1.